The maximum absolute atomic E-state index is 13.0. The summed E-state index contributed by atoms with van der Waals surface area (Å²) >= 11 is 1.51. The quantitative estimate of drug-likeness (QED) is 0.798. The van der Waals surface area contributed by atoms with Gasteiger partial charge < -0.3 is 19.3 Å². The van der Waals surface area contributed by atoms with E-state index in [2.05, 4.69) is 20.2 Å². The summed E-state index contributed by atoms with van der Waals surface area (Å²) in [4.78, 5) is 26.4. The standard InChI is InChI=1S/C21H29N5O3S/c1-28-18-16-17(15(13-22-18)25-8-3-2-4-9-25)30-19(23-16)24-20(27)26-10-5-21(14-26)6-11-29-12-7-21/h13H,2-12,14H2,1H3,(H,23,24,27). The molecule has 9 heteroatoms. The first-order valence-electron chi connectivity index (χ1n) is 10.9. The monoisotopic (exact) mass is 431 g/mol. The number of fused-ring (bicyclic) bond motifs is 1. The number of likely N-dealkylation sites (tertiary alicyclic amines) is 1. The Balaban J connectivity index is 1.36. The van der Waals surface area contributed by atoms with Crippen LogP contribution in [0.15, 0.2) is 6.20 Å². The molecule has 0 saturated carbocycles. The van der Waals surface area contributed by atoms with Crippen LogP contribution in [0, 0.1) is 5.41 Å². The summed E-state index contributed by atoms with van der Waals surface area (Å²) in [6.45, 7) is 5.26. The SMILES string of the molecule is COc1ncc(N2CCCCC2)c2sc(NC(=O)N3CCC4(CCOCC4)C3)nc12. The highest BCUT2D eigenvalue weighted by Crippen LogP contribution is 2.41. The van der Waals surface area contributed by atoms with E-state index in [0.717, 1.165) is 74.6 Å². The number of piperidine rings is 1. The van der Waals surface area contributed by atoms with Crippen LogP contribution in [-0.4, -0.2) is 67.4 Å². The second kappa shape index (κ2) is 8.19. The van der Waals surface area contributed by atoms with E-state index in [1.807, 2.05) is 11.1 Å². The summed E-state index contributed by atoms with van der Waals surface area (Å²) in [6, 6.07) is -0.0659. The van der Waals surface area contributed by atoms with Gasteiger partial charge >= 0.3 is 6.03 Å². The minimum Gasteiger partial charge on any atom is -0.479 e. The van der Waals surface area contributed by atoms with Gasteiger partial charge in [0.15, 0.2) is 5.13 Å². The van der Waals surface area contributed by atoms with Crippen molar-refractivity contribution in [2.75, 3.05) is 56.7 Å². The lowest BCUT2D eigenvalue weighted by Gasteiger charge is -2.33. The molecule has 3 saturated heterocycles. The summed E-state index contributed by atoms with van der Waals surface area (Å²) in [6.07, 6.45) is 8.68. The van der Waals surface area contributed by atoms with Crippen molar-refractivity contribution in [3.63, 3.8) is 0 Å². The molecule has 2 aromatic rings. The number of nitrogens with zero attached hydrogens (tertiary/aromatic N) is 4. The lowest BCUT2D eigenvalue weighted by molar-refractivity contribution is 0.0211. The molecule has 0 bridgehead atoms. The van der Waals surface area contributed by atoms with Crippen molar-refractivity contribution in [3.05, 3.63) is 6.20 Å². The molecule has 3 aliphatic heterocycles. The fourth-order valence-corrected chi connectivity index (χ4v) is 5.92. The minimum absolute atomic E-state index is 0.0659. The third-order valence-electron chi connectivity index (χ3n) is 6.75. The molecular weight excluding hydrogens is 402 g/mol. The Morgan fingerprint density at radius 1 is 1.20 bits per heavy atom. The Bertz CT molecular complexity index is 921. The lowest BCUT2D eigenvalue weighted by atomic mass is 9.80. The van der Waals surface area contributed by atoms with E-state index in [0.29, 0.717) is 11.0 Å². The molecule has 0 unspecified atom stereocenters. The number of urea groups is 1. The number of methoxy groups -OCH3 is 1. The molecule has 1 spiro atoms. The van der Waals surface area contributed by atoms with Crippen LogP contribution in [0.2, 0.25) is 0 Å². The highest BCUT2D eigenvalue weighted by Gasteiger charge is 2.41. The normalized spacial score (nSPS) is 21.4. The maximum Gasteiger partial charge on any atom is 0.323 e. The fraction of sp³-hybridized carbons (Fsp3) is 0.667. The van der Waals surface area contributed by atoms with Crippen molar-refractivity contribution < 1.29 is 14.3 Å². The third kappa shape index (κ3) is 3.69. The van der Waals surface area contributed by atoms with Gasteiger partial charge in [-0.2, -0.15) is 0 Å². The Hall–Kier alpha value is -2.13. The molecule has 3 fully saturated rings. The molecule has 2 aromatic heterocycles. The van der Waals surface area contributed by atoms with Crippen molar-refractivity contribution in [3.8, 4) is 5.88 Å². The van der Waals surface area contributed by atoms with Crippen molar-refractivity contribution in [1.29, 1.82) is 0 Å². The van der Waals surface area contributed by atoms with Crippen molar-refractivity contribution >= 4 is 38.4 Å². The Labute approximate surface area is 180 Å². The van der Waals surface area contributed by atoms with Crippen molar-refractivity contribution in [1.82, 2.24) is 14.9 Å². The highest BCUT2D eigenvalue weighted by molar-refractivity contribution is 7.23. The molecular formula is C21H29N5O3S. The van der Waals surface area contributed by atoms with Crippen LogP contribution in [0.4, 0.5) is 15.6 Å². The molecule has 2 amide bonds. The molecule has 0 atom stereocenters. The lowest BCUT2D eigenvalue weighted by Crippen LogP contribution is -2.37. The van der Waals surface area contributed by atoms with E-state index in [1.165, 1.54) is 30.6 Å². The van der Waals surface area contributed by atoms with Crippen molar-refractivity contribution in [2.45, 2.75) is 38.5 Å². The molecule has 5 rings (SSSR count). The van der Waals surface area contributed by atoms with E-state index >= 15 is 0 Å². The Morgan fingerprint density at radius 2 is 2.00 bits per heavy atom. The van der Waals surface area contributed by atoms with Gasteiger partial charge in [-0.05, 0) is 43.9 Å². The summed E-state index contributed by atoms with van der Waals surface area (Å²) in [7, 11) is 1.61. The number of hydrogen-bond acceptors (Lipinski definition) is 7. The van der Waals surface area contributed by atoms with Gasteiger partial charge in [0.2, 0.25) is 5.88 Å². The van der Waals surface area contributed by atoms with Crippen LogP contribution in [0.25, 0.3) is 10.2 Å². The number of hydrogen-bond donors (Lipinski definition) is 1. The number of ether oxygens (including phenoxy) is 2. The summed E-state index contributed by atoms with van der Waals surface area (Å²) in [5.41, 5.74) is 2.05. The van der Waals surface area contributed by atoms with Crippen LogP contribution >= 0.6 is 11.3 Å². The Morgan fingerprint density at radius 3 is 2.77 bits per heavy atom. The van der Waals surface area contributed by atoms with Gasteiger partial charge in [-0.1, -0.05) is 11.3 Å². The molecule has 8 nitrogen and oxygen atoms in total. The summed E-state index contributed by atoms with van der Waals surface area (Å²) < 4.78 is 12.0. The smallest absolute Gasteiger partial charge is 0.323 e. The fourth-order valence-electron chi connectivity index (χ4n) is 4.93. The number of carbonyl (C=O) groups excluding carboxylic acids is 1. The average Bonchev–Trinajstić information content (AvgIpc) is 3.38. The molecule has 0 aromatic carbocycles. The van der Waals surface area contributed by atoms with Gasteiger partial charge in [-0.25, -0.2) is 14.8 Å². The zero-order valence-corrected chi connectivity index (χ0v) is 18.3. The number of amides is 2. The molecule has 3 aliphatic rings. The molecule has 0 radical (unpaired) electrons. The Kier molecular flexibility index (Phi) is 5.41. The van der Waals surface area contributed by atoms with Gasteiger partial charge in [0.1, 0.15) is 5.52 Å². The zero-order chi connectivity index (χ0) is 20.6. The first-order chi connectivity index (χ1) is 14.7. The second-order valence-electron chi connectivity index (χ2n) is 8.61. The van der Waals surface area contributed by atoms with E-state index < -0.39 is 0 Å². The van der Waals surface area contributed by atoms with Crippen LogP contribution in [0.1, 0.15) is 38.5 Å². The predicted molar refractivity (Wildman–Crippen MR) is 118 cm³/mol. The minimum atomic E-state index is -0.0659. The average molecular weight is 432 g/mol. The third-order valence-corrected chi connectivity index (χ3v) is 7.74. The van der Waals surface area contributed by atoms with Gasteiger partial charge in [0.05, 0.1) is 23.7 Å². The number of rotatable bonds is 3. The van der Waals surface area contributed by atoms with Crippen LogP contribution in [0.3, 0.4) is 0 Å². The van der Waals surface area contributed by atoms with E-state index in [1.54, 1.807) is 7.11 Å². The van der Waals surface area contributed by atoms with E-state index in [-0.39, 0.29) is 11.4 Å². The van der Waals surface area contributed by atoms with Crippen LogP contribution in [0.5, 0.6) is 5.88 Å². The topological polar surface area (TPSA) is 79.8 Å². The maximum atomic E-state index is 13.0. The summed E-state index contributed by atoms with van der Waals surface area (Å²) in [5, 5.41) is 3.64. The molecule has 162 valence electrons. The van der Waals surface area contributed by atoms with E-state index in [9.17, 15) is 4.79 Å². The highest BCUT2D eigenvalue weighted by atomic mass is 32.1. The van der Waals surface area contributed by atoms with Gasteiger partial charge in [-0.3, -0.25) is 5.32 Å². The number of anilines is 2. The van der Waals surface area contributed by atoms with Gasteiger partial charge in [0, 0.05) is 39.4 Å². The van der Waals surface area contributed by atoms with Gasteiger partial charge in [-0.15, -0.1) is 0 Å². The summed E-state index contributed by atoms with van der Waals surface area (Å²) in [5.74, 6) is 0.504. The van der Waals surface area contributed by atoms with Gasteiger partial charge in [0.25, 0.3) is 0 Å². The molecule has 0 aliphatic carbocycles. The molecule has 1 N–H and O–H groups in total. The predicted octanol–water partition coefficient (Wildman–Crippen LogP) is 3.72. The first-order valence-corrected chi connectivity index (χ1v) is 11.7. The number of thiazole rings is 1. The van der Waals surface area contributed by atoms with Crippen LogP contribution in [-0.2, 0) is 4.74 Å². The number of pyridine rings is 1. The number of carbonyl (C=O) groups is 1. The number of aromatic nitrogens is 2. The van der Waals surface area contributed by atoms with E-state index in [4.69, 9.17) is 9.47 Å². The zero-order valence-electron chi connectivity index (χ0n) is 17.5. The molecule has 30 heavy (non-hydrogen) atoms. The molecule has 5 heterocycles. The van der Waals surface area contributed by atoms with Crippen molar-refractivity contribution in [2.24, 2.45) is 5.41 Å². The second-order valence-corrected chi connectivity index (χ2v) is 9.61. The number of nitrogens with one attached hydrogen (secondary N) is 1. The largest absolute Gasteiger partial charge is 0.479 e. The first kappa shape index (κ1) is 19.8. The van der Waals surface area contributed by atoms with Crippen LogP contribution < -0.4 is 15.0 Å².